The summed E-state index contributed by atoms with van der Waals surface area (Å²) in [6.45, 7) is 4.67. The summed E-state index contributed by atoms with van der Waals surface area (Å²) in [6.07, 6.45) is 1.95. The van der Waals surface area contributed by atoms with Gasteiger partial charge in [-0.2, -0.15) is 5.10 Å². The molecule has 180 valence electrons. The number of carbonyl (C=O) groups is 1. The number of carbonyl (C=O) groups excluding carboxylic acids is 1. The van der Waals surface area contributed by atoms with Gasteiger partial charge in [0.25, 0.3) is 5.91 Å². The van der Waals surface area contributed by atoms with Crippen molar-refractivity contribution in [1.82, 2.24) is 15.1 Å². The maximum absolute atomic E-state index is 12.8. The summed E-state index contributed by atoms with van der Waals surface area (Å²) in [5, 5.41) is 7.76. The highest BCUT2D eigenvalue weighted by atomic mass is 16.5. The first-order chi connectivity index (χ1) is 17.6. The van der Waals surface area contributed by atoms with Crippen LogP contribution in [-0.4, -0.2) is 15.7 Å². The molecule has 0 saturated heterocycles. The van der Waals surface area contributed by atoms with Crippen LogP contribution in [0.5, 0.6) is 5.75 Å². The number of rotatable bonds is 8. The number of furan rings is 1. The normalized spacial score (nSPS) is 10.8. The van der Waals surface area contributed by atoms with Gasteiger partial charge in [0, 0.05) is 23.9 Å². The summed E-state index contributed by atoms with van der Waals surface area (Å²) in [5.41, 5.74) is 6.04. The quantitative estimate of drug-likeness (QED) is 0.286. The molecule has 0 saturated carbocycles. The van der Waals surface area contributed by atoms with Gasteiger partial charge in [-0.1, -0.05) is 54.6 Å². The molecular weight excluding hydrogens is 450 g/mol. The molecule has 0 aliphatic carbocycles. The summed E-state index contributed by atoms with van der Waals surface area (Å²) < 4.78 is 13.4. The van der Waals surface area contributed by atoms with Crippen molar-refractivity contribution in [1.29, 1.82) is 0 Å². The smallest absolute Gasteiger partial charge is 0.287 e. The average molecular weight is 478 g/mol. The average Bonchev–Trinajstić information content (AvgIpc) is 3.57. The lowest BCUT2D eigenvalue weighted by atomic mass is 10.1. The Bertz CT molecular complexity index is 1470. The fraction of sp³-hybridized carbons (Fsp3) is 0.133. The van der Waals surface area contributed by atoms with Crippen LogP contribution in [0.2, 0.25) is 0 Å². The van der Waals surface area contributed by atoms with Crippen LogP contribution < -0.4 is 10.1 Å². The van der Waals surface area contributed by atoms with E-state index in [1.807, 2.05) is 96.7 Å². The minimum atomic E-state index is -0.293. The summed E-state index contributed by atoms with van der Waals surface area (Å²) in [5.74, 6) is 1.30. The zero-order valence-corrected chi connectivity index (χ0v) is 20.3. The minimum Gasteiger partial charge on any atom is -0.486 e. The highest BCUT2D eigenvalue weighted by Crippen LogP contribution is 2.24. The van der Waals surface area contributed by atoms with Gasteiger partial charge in [0.15, 0.2) is 5.76 Å². The first kappa shape index (κ1) is 23.2. The van der Waals surface area contributed by atoms with E-state index in [2.05, 4.69) is 12.2 Å². The van der Waals surface area contributed by atoms with Crippen LogP contribution in [-0.2, 0) is 13.2 Å². The van der Waals surface area contributed by atoms with Gasteiger partial charge < -0.3 is 14.5 Å². The Kier molecular flexibility index (Phi) is 6.67. The van der Waals surface area contributed by atoms with Crippen molar-refractivity contribution in [2.24, 2.45) is 0 Å². The Morgan fingerprint density at radius 2 is 1.67 bits per heavy atom. The second kappa shape index (κ2) is 10.4. The fourth-order valence-corrected chi connectivity index (χ4v) is 3.89. The largest absolute Gasteiger partial charge is 0.486 e. The first-order valence-corrected chi connectivity index (χ1v) is 11.8. The molecule has 0 spiro atoms. The van der Waals surface area contributed by atoms with Crippen molar-refractivity contribution >= 4 is 5.91 Å². The Morgan fingerprint density at radius 3 is 2.42 bits per heavy atom. The van der Waals surface area contributed by atoms with E-state index in [1.165, 1.54) is 5.56 Å². The number of nitrogens with zero attached hydrogens (tertiary/aromatic N) is 2. The van der Waals surface area contributed by atoms with Gasteiger partial charge >= 0.3 is 0 Å². The SMILES string of the molecule is Cc1ccc(OCc2ccc(C(=O)NCc3cn(-c4ccccc4)nc3-c3ccccc3)o2)cc1C. The van der Waals surface area contributed by atoms with Gasteiger partial charge in [-0.25, -0.2) is 4.68 Å². The number of ether oxygens (including phenoxy) is 1. The van der Waals surface area contributed by atoms with E-state index in [0.29, 0.717) is 12.3 Å². The van der Waals surface area contributed by atoms with Gasteiger partial charge in [0.05, 0.1) is 11.4 Å². The summed E-state index contributed by atoms with van der Waals surface area (Å²) in [4.78, 5) is 12.8. The molecule has 5 aromatic rings. The monoisotopic (exact) mass is 477 g/mol. The van der Waals surface area contributed by atoms with Crippen molar-refractivity contribution in [3.8, 4) is 22.7 Å². The lowest BCUT2D eigenvalue weighted by molar-refractivity contribution is 0.0919. The van der Waals surface area contributed by atoms with Crippen molar-refractivity contribution in [3.05, 3.63) is 125 Å². The maximum atomic E-state index is 12.8. The van der Waals surface area contributed by atoms with Crippen molar-refractivity contribution < 1.29 is 13.9 Å². The van der Waals surface area contributed by atoms with Crippen molar-refractivity contribution in [2.45, 2.75) is 27.0 Å². The van der Waals surface area contributed by atoms with E-state index < -0.39 is 0 Å². The minimum absolute atomic E-state index is 0.241. The van der Waals surface area contributed by atoms with E-state index in [1.54, 1.807) is 12.1 Å². The van der Waals surface area contributed by atoms with Crippen LogP contribution in [0.25, 0.3) is 16.9 Å². The predicted molar refractivity (Wildman–Crippen MR) is 139 cm³/mol. The number of hydrogen-bond acceptors (Lipinski definition) is 4. The van der Waals surface area contributed by atoms with E-state index in [4.69, 9.17) is 14.3 Å². The van der Waals surface area contributed by atoms with Gasteiger partial charge in [0.1, 0.15) is 18.1 Å². The molecule has 36 heavy (non-hydrogen) atoms. The first-order valence-electron chi connectivity index (χ1n) is 11.8. The second-order valence-corrected chi connectivity index (χ2v) is 8.63. The molecule has 1 N–H and O–H groups in total. The topological polar surface area (TPSA) is 69.3 Å². The lowest BCUT2D eigenvalue weighted by Crippen LogP contribution is -2.22. The van der Waals surface area contributed by atoms with Crippen molar-refractivity contribution in [3.63, 3.8) is 0 Å². The van der Waals surface area contributed by atoms with Crippen LogP contribution in [0, 0.1) is 13.8 Å². The molecule has 0 aliphatic heterocycles. The molecule has 5 rings (SSSR count). The molecule has 0 radical (unpaired) electrons. The van der Waals surface area contributed by atoms with Gasteiger partial charge in [-0.3, -0.25) is 4.79 Å². The van der Waals surface area contributed by atoms with Gasteiger partial charge in [0.2, 0.25) is 0 Å². The molecule has 0 aliphatic rings. The Balaban J connectivity index is 1.27. The zero-order valence-electron chi connectivity index (χ0n) is 20.3. The number of aromatic nitrogens is 2. The number of aryl methyl sites for hydroxylation is 2. The lowest BCUT2D eigenvalue weighted by Gasteiger charge is -2.07. The summed E-state index contributed by atoms with van der Waals surface area (Å²) in [7, 11) is 0. The summed E-state index contributed by atoms with van der Waals surface area (Å²) in [6, 6.07) is 29.2. The number of amides is 1. The van der Waals surface area contributed by atoms with E-state index in [-0.39, 0.29) is 18.3 Å². The third-order valence-corrected chi connectivity index (χ3v) is 6.04. The van der Waals surface area contributed by atoms with E-state index >= 15 is 0 Å². The standard InChI is InChI=1S/C30H27N3O3/c1-21-13-14-26(17-22(21)2)35-20-27-15-16-28(36-27)30(34)31-18-24-19-33(25-11-7-4-8-12-25)32-29(24)23-9-5-3-6-10-23/h3-17,19H,18,20H2,1-2H3,(H,31,34). The molecule has 1 amide bonds. The summed E-state index contributed by atoms with van der Waals surface area (Å²) >= 11 is 0. The molecular formula is C30H27N3O3. The number of nitrogens with one attached hydrogen (secondary N) is 1. The third kappa shape index (κ3) is 5.23. The van der Waals surface area contributed by atoms with E-state index in [9.17, 15) is 4.79 Å². The van der Waals surface area contributed by atoms with E-state index in [0.717, 1.165) is 33.8 Å². The second-order valence-electron chi connectivity index (χ2n) is 8.63. The Morgan fingerprint density at radius 1 is 0.917 bits per heavy atom. The van der Waals surface area contributed by atoms with Crippen LogP contribution in [0.1, 0.15) is 33.0 Å². The molecule has 0 fully saturated rings. The van der Waals surface area contributed by atoms with Gasteiger partial charge in [-0.05, 0) is 61.4 Å². The number of para-hydroxylation sites is 1. The van der Waals surface area contributed by atoms with Crippen LogP contribution in [0.15, 0.2) is 102 Å². The zero-order chi connectivity index (χ0) is 24.9. The van der Waals surface area contributed by atoms with Crippen LogP contribution in [0.3, 0.4) is 0 Å². The maximum Gasteiger partial charge on any atom is 0.287 e. The molecule has 0 unspecified atom stereocenters. The third-order valence-electron chi connectivity index (χ3n) is 6.04. The number of hydrogen-bond donors (Lipinski definition) is 1. The molecule has 0 bridgehead atoms. The molecule has 0 atom stereocenters. The van der Waals surface area contributed by atoms with Gasteiger partial charge in [-0.15, -0.1) is 0 Å². The highest BCUT2D eigenvalue weighted by Gasteiger charge is 2.16. The molecule has 2 heterocycles. The number of benzene rings is 3. The molecule has 3 aromatic carbocycles. The van der Waals surface area contributed by atoms with Crippen molar-refractivity contribution in [2.75, 3.05) is 0 Å². The van der Waals surface area contributed by atoms with Crippen LogP contribution >= 0.6 is 0 Å². The highest BCUT2D eigenvalue weighted by molar-refractivity contribution is 5.91. The fourth-order valence-electron chi connectivity index (χ4n) is 3.89. The molecule has 6 heteroatoms. The Labute approximate surface area is 210 Å². The molecule has 6 nitrogen and oxygen atoms in total. The molecule has 2 aromatic heterocycles. The Hall–Kier alpha value is -4.58. The predicted octanol–water partition coefficient (Wildman–Crippen LogP) is 6.26. The van der Waals surface area contributed by atoms with Crippen LogP contribution in [0.4, 0.5) is 0 Å².